The van der Waals surface area contributed by atoms with Crippen LogP contribution in [0.15, 0.2) is 42.7 Å². The second-order valence-electron chi connectivity index (χ2n) is 5.76. The molecule has 134 valence electrons. The maximum absolute atomic E-state index is 12.9. The highest BCUT2D eigenvalue weighted by atomic mass is 19.4. The van der Waals surface area contributed by atoms with E-state index >= 15 is 0 Å². The minimum absolute atomic E-state index is 0.248. The molecule has 2 heterocycles. The third-order valence-electron chi connectivity index (χ3n) is 4.14. The second-order valence-corrected chi connectivity index (χ2v) is 5.76. The summed E-state index contributed by atoms with van der Waals surface area (Å²) in [4.78, 5) is 12.9. The zero-order valence-corrected chi connectivity index (χ0v) is 13.2. The molecule has 1 saturated heterocycles. The number of nitrogens with one attached hydrogen (secondary N) is 2. The van der Waals surface area contributed by atoms with Crippen molar-refractivity contribution in [2.75, 3.05) is 18.4 Å². The van der Waals surface area contributed by atoms with Crippen molar-refractivity contribution in [3.63, 3.8) is 0 Å². The van der Waals surface area contributed by atoms with E-state index in [0.717, 1.165) is 12.1 Å². The van der Waals surface area contributed by atoms with Gasteiger partial charge in [0.2, 0.25) is 0 Å². The maximum Gasteiger partial charge on any atom is 0.573 e. The lowest BCUT2D eigenvalue weighted by molar-refractivity contribution is -0.274. The number of aromatic nitrogens is 2. The first-order chi connectivity index (χ1) is 11.9. The van der Waals surface area contributed by atoms with Gasteiger partial charge in [-0.3, -0.25) is 9.48 Å². The van der Waals surface area contributed by atoms with Crippen LogP contribution in [-0.4, -0.2) is 35.1 Å². The fraction of sp³-hybridized carbons (Fsp3) is 0.375. The maximum atomic E-state index is 12.9. The van der Waals surface area contributed by atoms with E-state index in [2.05, 4.69) is 20.5 Å². The summed E-state index contributed by atoms with van der Waals surface area (Å²) in [6, 6.07) is 6.81. The Balaban J connectivity index is 1.76. The van der Waals surface area contributed by atoms with Gasteiger partial charge in [-0.15, -0.1) is 13.2 Å². The summed E-state index contributed by atoms with van der Waals surface area (Å²) in [5, 5.41) is 10.2. The molecule has 1 aliphatic heterocycles. The first-order valence-corrected chi connectivity index (χ1v) is 7.77. The van der Waals surface area contributed by atoms with Crippen LogP contribution < -0.4 is 15.4 Å². The van der Waals surface area contributed by atoms with Crippen molar-refractivity contribution in [3.8, 4) is 5.75 Å². The molecule has 0 radical (unpaired) electrons. The number of piperidine rings is 1. The van der Waals surface area contributed by atoms with Crippen molar-refractivity contribution in [1.29, 1.82) is 0 Å². The number of alkyl halides is 3. The van der Waals surface area contributed by atoms with Crippen LogP contribution in [0.2, 0.25) is 0 Å². The summed E-state index contributed by atoms with van der Waals surface area (Å²) in [7, 11) is 0. The van der Waals surface area contributed by atoms with Crippen molar-refractivity contribution in [3.05, 3.63) is 42.7 Å². The standard InChI is InChI=1S/C16H17F3N4O2/c17-16(18,19)25-13-4-2-12(3-5-13)22-14(24)15(6-9-20-10-7-15)23-11-1-8-21-23/h1-5,8,11,20H,6-7,9-10H2,(H,22,24). The predicted octanol–water partition coefficient (Wildman–Crippen LogP) is 2.50. The molecular formula is C16H17F3N4O2. The monoisotopic (exact) mass is 354 g/mol. The lowest BCUT2D eigenvalue weighted by Crippen LogP contribution is -2.52. The number of halogens is 3. The molecule has 9 heteroatoms. The molecule has 25 heavy (non-hydrogen) atoms. The third-order valence-corrected chi connectivity index (χ3v) is 4.14. The van der Waals surface area contributed by atoms with Crippen LogP contribution in [0.5, 0.6) is 5.75 Å². The van der Waals surface area contributed by atoms with Crippen molar-refractivity contribution in [2.24, 2.45) is 0 Å². The van der Waals surface area contributed by atoms with Gasteiger partial charge in [0.25, 0.3) is 5.91 Å². The van der Waals surface area contributed by atoms with E-state index in [4.69, 9.17) is 0 Å². The van der Waals surface area contributed by atoms with Crippen LogP contribution in [0, 0.1) is 0 Å². The number of hydrogen-bond donors (Lipinski definition) is 2. The zero-order valence-electron chi connectivity index (χ0n) is 13.2. The van der Waals surface area contributed by atoms with Gasteiger partial charge in [-0.2, -0.15) is 5.10 Å². The predicted molar refractivity (Wildman–Crippen MR) is 84.1 cm³/mol. The van der Waals surface area contributed by atoms with Crippen molar-refractivity contribution in [2.45, 2.75) is 24.7 Å². The molecule has 1 fully saturated rings. The minimum Gasteiger partial charge on any atom is -0.406 e. The van der Waals surface area contributed by atoms with Crippen molar-refractivity contribution in [1.82, 2.24) is 15.1 Å². The lowest BCUT2D eigenvalue weighted by Gasteiger charge is -2.36. The summed E-state index contributed by atoms with van der Waals surface area (Å²) in [5.41, 5.74) is -0.430. The second kappa shape index (κ2) is 6.75. The number of carbonyl (C=O) groups is 1. The Kier molecular flexibility index (Phi) is 4.67. The van der Waals surface area contributed by atoms with E-state index in [0.29, 0.717) is 31.6 Å². The van der Waals surface area contributed by atoms with Gasteiger partial charge in [0, 0.05) is 18.1 Å². The molecule has 3 rings (SSSR count). The molecule has 6 nitrogen and oxygen atoms in total. The number of benzene rings is 1. The quantitative estimate of drug-likeness (QED) is 0.885. The smallest absolute Gasteiger partial charge is 0.406 e. The van der Waals surface area contributed by atoms with Crippen LogP contribution in [0.1, 0.15) is 12.8 Å². The summed E-state index contributed by atoms with van der Waals surface area (Å²) in [6.07, 6.45) is -0.263. The molecular weight excluding hydrogens is 337 g/mol. The number of rotatable bonds is 4. The number of carbonyl (C=O) groups excluding carboxylic acids is 1. The number of anilines is 1. The van der Waals surface area contributed by atoms with Gasteiger partial charge in [0.15, 0.2) is 0 Å². The normalized spacial score (nSPS) is 17.1. The zero-order chi connectivity index (χ0) is 17.9. The average molecular weight is 354 g/mol. The Bertz CT molecular complexity index is 708. The van der Waals surface area contributed by atoms with E-state index in [9.17, 15) is 18.0 Å². The first-order valence-electron chi connectivity index (χ1n) is 7.77. The molecule has 1 amide bonds. The van der Waals surface area contributed by atoms with Gasteiger partial charge in [0.05, 0.1) is 0 Å². The van der Waals surface area contributed by atoms with E-state index in [1.165, 1.54) is 12.1 Å². The van der Waals surface area contributed by atoms with Gasteiger partial charge in [0.1, 0.15) is 11.3 Å². The third kappa shape index (κ3) is 3.93. The lowest BCUT2D eigenvalue weighted by atomic mass is 9.87. The van der Waals surface area contributed by atoms with Gasteiger partial charge in [-0.05, 0) is 56.3 Å². The number of amides is 1. The van der Waals surface area contributed by atoms with Crippen LogP contribution >= 0.6 is 0 Å². The molecule has 1 aliphatic rings. The average Bonchev–Trinajstić information content (AvgIpc) is 3.11. The van der Waals surface area contributed by atoms with Gasteiger partial charge < -0.3 is 15.4 Å². The van der Waals surface area contributed by atoms with E-state index in [1.54, 1.807) is 23.1 Å². The number of nitrogens with zero attached hydrogens (tertiary/aromatic N) is 2. The molecule has 0 saturated carbocycles. The minimum atomic E-state index is -4.75. The van der Waals surface area contributed by atoms with E-state index < -0.39 is 11.9 Å². The summed E-state index contributed by atoms with van der Waals surface area (Å²) in [5.74, 6) is -0.587. The Morgan fingerprint density at radius 2 is 1.92 bits per heavy atom. The molecule has 2 aromatic rings. The topological polar surface area (TPSA) is 68.2 Å². The van der Waals surface area contributed by atoms with Gasteiger partial charge in [-0.1, -0.05) is 0 Å². The van der Waals surface area contributed by atoms with Crippen LogP contribution in [-0.2, 0) is 10.3 Å². The summed E-state index contributed by atoms with van der Waals surface area (Å²) >= 11 is 0. The molecule has 1 aromatic heterocycles. The highest BCUT2D eigenvalue weighted by Crippen LogP contribution is 2.29. The number of ether oxygens (including phenoxy) is 1. The van der Waals surface area contributed by atoms with Gasteiger partial charge >= 0.3 is 6.36 Å². The highest BCUT2D eigenvalue weighted by Gasteiger charge is 2.42. The highest BCUT2D eigenvalue weighted by molar-refractivity contribution is 5.96. The van der Waals surface area contributed by atoms with Crippen LogP contribution in [0.3, 0.4) is 0 Å². The molecule has 2 N–H and O–H groups in total. The van der Waals surface area contributed by atoms with Gasteiger partial charge in [-0.25, -0.2) is 0 Å². The Hall–Kier alpha value is -2.55. The fourth-order valence-electron chi connectivity index (χ4n) is 2.91. The van der Waals surface area contributed by atoms with Crippen molar-refractivity contribution >= 4 is 11.6 Å². The first kappa shape index (κ1) is 17.3. The SMILES string of the molecule is O=C(Nc1ccc(OC(F)(F)F)cc1)C1(n2cccn2)CCNCC1. The van der Waals surface area contributed by atoms with E-state index in [1.807, 2.05) is 0 Å². The summed E-state index contributed by atoms with van der Waals surface area (Å²) < 4.78 is 42.0. The Morgan fingerprint density at radius 1 is 1.24 bits per heavy atom. The molecule has 0 bridgehead atoms. The largest absolute Gasteiger partial charge is 0.573 e. The molecule has 0 atom stereocenters. The van der Waals surface area contributed by atoms with E-state index in [-0.39, 0.29) is 11.7 Å². The Labute approximate surface area is 142 Å². The van der Waals surface area contributed by atoms with Crippen molar-refractivity contribution < 1.29 is 22.7 Å². The van der Waals surface area contributed by atoms with Crippen LogP contribution in [0.4, 0.5) is 18.9 Å². The molecule has 0 spiro atoms. The molecule has 0 aliphatic carbocycles. The molecule has 0 unspecified atom stereocenters. The Morgan fingerprint density at radius 3 is 2.48 bits per heavy atom. The number of hydrogen-bond acceptors (Lipinski definition) is 4. The fourth-order valence-corrected chi connectivity index (χ4v) is 2.91. The molecule has 1 aromatic carbocycles. The van der Waals surface area contributed by atoms with Crippen LogP contribution in [0.25, 0.3) is 0 Å². The summed E-state index contributed by atoms with van der Waals surface area (Å²) in [6.45, 7) is 1.34.